The Kier molecular flexibility index (Phi) is 5.91. The fourth-order valence-electron chi connectivity index (χ4n) is 6.38. The maximum Gasteiger partial charge on any atom is 0.273 e. The Morgan fingerprint density at radius 2 is 1.89 bits per heavy atom. The van der Waals surface area contributed by atoms with Crippen LogP contribution in [0.15, 0.2) is 42.7 Å². The highest BCUT2D eigenvalue weighted by molar-refractivity contribution is 6.09. The van der Waals surface area contributed by atoms with E-state index >= 15 is 0 Å². The van der Waals surface area contributed by atoms with Gasteiger partial charge in [-0.2, -0.15) is 0 Å². The lowest BCUT2D eigenvalue weighted by molar-refractivity contribution is -0.134. The van der Waals surface area contributed by atoms with E-state index in [9.17, 15) is 9.59 Å². The van der Waals surface area contributed by atoms with Gasteiger partial charge in [0.2, 0.25) is 5.91 Å². The monoisotopic (exact) mass is 488 g/mol. The van der Waals surface area contributed by atoms with Crippen LogP contribution in [0, 0.1) is 6.92 Å². The summed E-state index contributed by atoms with van der Waals surface area (Å²) in [5.41, 5.74) is 2.66. The first kappa shape index (κ1) is 23.3. The van der Waals surface area contributed by atoms with Crippen molar-refractivity contribution >= 4 is 22.7 Å². The molecule has 36 heavy (non-hydrogen) atoms. The van der Waals surface area contributed by atoms with E-state index in [1.807, 2.05) is 40.9 Å². The summed E-state index contributed by atoms with van der Waals surface area (Å²) < 4.78 is 10.1. The highest BCUT2D eigenvalue weighted by atomic mass is 16.5. The normalized spacial score (nSPS) is 24.9. The molecule has 1 aliphatic carbocycles. The van der Waals surface area contributed by atoms with E-state index in [0.29, 0.717) is 25.4 Å². The molecule has 2 amide bonds. The van der Waals surface area contributed by atoms with E-state index in [1.165, 1.54) is 6.42 Å². The summed E-state index contributed by atoms with van der Waals surface area (Å²) in [5.74, 6) is -0.154. The minimum atomic E-state index is -1.00. The molecule has 1 N–H and O–H groups in total. The molecule has 0 bridgehead atoms. The molecule has 1 aromatic carbocycles. The van der Waals surface area contributed by atoms with Crippen molar-refractivity contribution in [2.75, 3.05) is 13.2 Å². The van der Waals surface area contributed by atoms with Gasteiger partial charge in [-0.1, -0.05) is 30.9 Å². The van der Waals surface area contributed by atoms with Crippen LogP contribution in [0.5, 0.6) is 0 Å². The van der Waals surface area contributed by atoms with Crippen molar-refractivity contribution in [1.29, 1.82) is 0 Å². The lowest BCUT2D eigenvalue weighted by Crippen LogP contribution is -2.66. The van der Waals surface area contributed by atoms with Crippen molar-refractivity contribution < 1.29 is 14.3 Å². The summed E-state index contributed by atoms with van der Waals surface area (Å²) >= 11 is 0. The Labute approximate surface area is 212 Å². The number of carbonyl (C=O) groups is 2. The van der Waals surface area contributed by atoms with E-state index in [4.69, 9.17) is 4.74 Å². The van der Waals surface area contributed by atoms with E-state index < -0.39 is 5.54 Å². The number of aryl methyl sites for hydroxylation is 1. The molecule has 3 aromatic rings. The van der Waals surface area contributed by atoms with Crippen LogP contribution in [0.2, 0.25) is 0 Å². The number of carbonyl (C=O) groups excluding carboxylic acids is 2. The van der Waals surface area contributed by atoms with E-state index in [-0.39, 0.29) is 24.0 Å². The predicted molar refractivity (Wildman–Crippen MR) is 139 cm³/mol. The number of rotatable bonds is 5. The van der Waals surface area contributed by atoms with Gasteiger partial charge in [-0.3, -0.25) is 9.59 Å². The molecule has 3 aliphatic rings. The number of benzene rings is 1. The Hall–Kier alpha value is -3.06. The standard InChI is InChI=1S/C29H36N4O3/c1-20-12-13-24-23(17-20)25(31-14-6-7-15-31)26-27(34)33(18-22-11-8-16-36-22)29(2,19-32(24)26)28(35)30-21-9-4-3-5-10-21/h6-7,12-15,17,21-22H,3-5,8-11,16,18-19H2,1-2H3,(H,30,35)/t22-,29-/m0/s1. The molecule has 0 radical (unpaired) electrons. The van der Waals surface area contributed by atoms with Gasteiger partial charge in [0.1, 0.15) is 11.2 Å². The molecule has 0 unspecified atom stereocenters. The highest BCUT2D eigenvalue weighted by Crippen LogP contribution is 2.39. The summed E-state index contributed by atoms with van der Waals surface area (Å²) in [6.45, 7) is 5.57. The quantitative estimate of drug-likeness (QED) is 0.572. The second kappa shape index (κ2) is 9.11. The van der Waals surface area contributed by atoms with Crippen molar-refractivity contribution in [3.63, 3.8) is 0 Å². The minimum Gasteiger partial charge on any atom is -0.376 e. The number of fused-ring (bicyclic) bond motifs is 3. The van der Waals surface area contributed by atoms with Crippen LogP contribution in [-0.4, -0.2) is 56.7 Å². The van der Waals surface area contributed by atoms with Gasteiger partial charge in [-0.05, 0) is 63.8 Å². The second-order valence-electron chi connectivity index (χ2n) is 11.0. The Bertz CT molecular complexity index is 1280. The van der Waals surface area contributed by atoms with Gasteiger partial charge < -0.3 is 24.1 Å². The Morgan fingerprint density at radius 3 is 2.61 bits per heavy atom. The first-order valence-corrected chi connectivity index (χ1v) is 13.5. The predicted octanol–water partition coefficient (Wildman–Crippen LogP) is 4.58. The van der Waals surface area contributed by atoms with Crippen LogP contribution in [0.3, 0.4) is 0 Å². The molecule has 2 aromatic heterocycles. The van der Waals surface area contributed by atoms with E-state index in [0.717, 1.165) is 60.7 Å². The molecule has 0 spiro atoms. The molecule has 2 fully saturated rings. The second-order valence-corrected chi connectivity index (χ2v) is 11.0. The summed E-state index contributed by atoms with van der Waals surface area (Å²) in [5, 5.41) is 4.37. The molecule has 1 saturated carbocycles. The maximum absolute atomic E-state index is 14.4. The van der Waals surface area contributed by atoms with Gasteiger partial charge in [0.25, 0.3) is 5.91 Å². The van der Waals surface area contributed by atoms with E-state index in [1.54, 1.807) is 0 Å². The lowest BCUT2D eigenvalue weighted by atomic mass is 9.91. The molecule has 7 heteroatoms. The van der Waals surface area contributed by atoms with Crippen LogP contribution in [0.25, 0.3) is 16.6 Å². The van der Waals surface area contributed by atoms with E-state index in [2.05, 4.69) is 35.0 Å². The maximum atomic E-state index is 14.4. The number of ether oxygens (including phenoxy) is 1. The van der Waals surface area contributed by atoms with Crippen LogP contribution in [0.1, 0.15) is 67.9 Å². The third-order valence-corrected chi connectivity index (χ3v) is 8.40. The SMILES string of the molecule is Cc1ccc2c(c1)c(-n1cccc1)c1n2C[C@@](C)(C(=O)NC2CCCCC2)N(C[C@@H]2CCCO2)C1=O. The van der Waals surface area contributed by atoms with Crippen molar-refractivity contribution in [2.45, 2.75) is 83.0 Å². The summed E-state index contributed by atoms with van der Waals surface area (Å²) in [6, 6.07) is 10.5. The zero-order chi connectivity index (χ0) is 24.9. The molecular formula is C29H36N4O3. The fourth-order valence-corrected chi connectivity index (χ4v) is 6.38. The Balaban J connectivity index is 1.48. The average Bonchev–Trinajstić information content (AvgIpc) is 3.63. The van der Waals surface area contributed by atoms with Crippen LogP contribution in [0.4, 0.5) is 0 Å². The molecular weight excluding hydrogens is 452 g/mol. The smallest absolute Gasteiger partial charge is 0.273 e. The summed E-state index contributed by atoms with van der Waals surface area (Å²) in [7, 11) is 0. The topological polar surface area (TPSA) is 68.5 Å². The van der Waals surface area contributed by atoms with Crippen molar-refractivity contribution in [1.82, 2.24) is 19.4 Å². The molecule has 4 heterocycles. The van der Waals surface area contributed by atoms with Crippen LogP contribution in [-0.2, 0) is 16.1 Å². The number of hydrogen-bond acceptors (Lipinski definition) is 3. The largest absolute Gasteiger partial charge is 0.376 e. The first-order valence-electron chi connectivity index (χ1n) is 13.5. The van der Waals surface area contributed by atoms with Gasteiger partial charge in [0.05, 0.1) is 23.9 Å². The van der Waals surface area contributed by atoms with Crippen molar-refractivity contribution in [3.05, 3.63) is 54.0 Å². The van der Waals surface area contributed by atoms with Crippen molar-refractivity contribution in [3.8, 4) is 5.69 Å². The summed E-state index contributed by atoms with van der Waals surface area (Å²) in [4.78, 5) is 30.2. The van der Waals surface area contributed by atoms with Crippen molar-refractivity contribution in [2.24, 2.45) is 0 Å². The number of amides is 2. The third-order valence-electron chi connectivity index (χ3n) is 8.40. The van der Waals surface area contributed by atoms with Gasteiger partial charge in [0.15, 0.2) is 0 Å². The van der Waals surface area contributed by atoms with Crippen LogP contribution < -0.4 is 5.32 Å². The number of aromatic nitrogens is 2. The third kappa shape index (κ3) is 3.84. The Morgan fingerprint density at radius 1 is 1.11 bits per heavy atom. The molecule has 2 aliphatic heterocycles. The van der Waals surface area contributed by atoms with Gasteiger partial charge in [0, 0.05) is 37.0 Å². The molecule has 7 nitrogen and oxygen atoms in total. The zero-order valence-electron chi connectivity index (χ0n) is 21.3. The average molecular weight is 489 g/mol. The zero-order valence-corrected chi connectivity index (χ0v) is 21.3. The molecule has 190 valence electrons. The minimum absolute atomic E-state index is 0.0380. The summed E-state index contributed by atoms with van der Waals surface area (Å²) in [6.07, 6.45) is 11.4. The fraction of sp³-hybridized carbons (Fsp3) is 0.517. The highest BCUT2D eigenvalue weighted by Gasteiger charge is 2.50. The lowest BCUT2D eigenvalue weighted by Gasteiger charge is -2.45. The molecule has 1 saturated heterocycles. The molecule has 2 atom stereocenters. The van der Waals surface area contributed by atoms with Gasteiger partial charge >= 0.3 is 0 Å². The number of nitrogens with zero attached hydrogens (tertiary/aromatic N) is 3. The van der Waals surface area contributed by atoms with Gasteiger partial charge in [-0.25, -0.2) is 0 Å². The molecule has 6 rings (SSSR count). The first-order chi connectivity index (χ1) is 17.5. The number of hydrogen-bond donors (Lipinski definition) is 1. The number of nitrogens with one attached hydrogen (secondary N) is 1. The van der Waals surface area contributed by atoms with Crippen LogP contribution >= 0.6 is 0 Å². The van der Waals surface area contributed by atoms with Gasteiger partial charge in [-0.15, -0.1) is 0 Å².